The Hall–Kier alpha value is -0.500. The average molecular weight is 228 g/mol. The van der Waals surface area contributed by atoms with Gasteiger partial charge in [-0.05, 0) is 46.5 Å². The smallest absolute Gasteiger partial charge is 0.0461 e. The molecule has 0 atom stereocenters. The lowest BCUT2D eigenvalue weighted by Gasteiger charge is -2.02. The van der Waals surface area contributed by atoms with Crippen molar-refractivity contribution < 1.29 is 0 Å². The molecule has 0 aliphatic rings. The summed E-state index contributed by atoms with van der Waals surface area (Å²) in [6.07, 6.45) is 3.60. The van der Waals surface area contributed by atoms with Gasteiger partial charge in [-0.15, -0.1) is 0 Å². The van der Waals surface area contributed by atoms with E-state index in [-0.39, 0.29) is 0 Å². The summed E-state index contributed by atoms with van der Waals surface area (Å²) >= 11 is 3.37. The molecule has 1 aromatic rings. The third kappa shape index (κ3) is 2.52. The largest absolute Gasteiger partial charge is 0.398 e. The number of nitrogen functional groups attached to an aromatic ring is 1. The average Bonchev–Trinajstić information content (AvgIpc) is 2.07. The van der Waals surface area contributed by atoms with Crippen molar-refractivity contribution in [2.24, 2.45) is 0 Å². The first-order chi connectivity index (χ1) is 5.74. The Morgan fingerprint density at radius 3 is 2.75 bits per heavy atom. The quantitative estimate of drug-likeness (QED) is 0.788. The van der Waals surface area contributed by atoms with E-state index in [0.717, 1.165) is 16.6 Å². The first kappa shape index (κ1) is 9.59. The summed E-state index contributed by atoms with van der Waals surface area (Å²) in [5, 5.41) is 0. The minimum absolute atomic E-state index is 0.837. The molecule has 1 nitrogen and oxygen atoms in total. The molecule has 0 aliphatic heterocycles. The Morgan fingerprint density at radius 1 is 1.42 bits per heavy atom. The minimum atomic E-state index is 0.837. The summed E-state index contributed by atoms with van der Waals surface area (Å²) in [6, 6.07) is 6.18. The maximum absolute atomic E-state index is 5.75. The van der Waals surface area contributed by atoms with E-state index in [1.165, 1.54) is 18.4 Å². The molecule has 1 rings (SSSR count). The van der Waals surface area contributed by atoms with Gasteiger partial charge >= 0.3 is 0 Å². The Kier molecular flexibility index (Phi) is 3.60. The van der Waals surface area contributed by atoms with Gasteiger partial charge in [-0.1, -0.05) is 19.4 Å². The van der Waals surface area contributed by atoms with E-state index in [9.17, 15) is 0 Å². The Morgan fingerprint density at radius 2 is 2.17 bits per heavy atom. The second-order valence-corrected chi connectivity index (χ2v) is 3.81. The van der Waals surface area contributed by atoms with Crippen LogP contribution in [0.4, 0.5) is 5.69 Å². The number of unbranched alkanes of at least 4 members (excludes halogenated alkanes) is 1. The molecule has 66 valence electrons. The summed E-state index contributed by atoms with van der Waals surface area (Å²) in [7, 11) is 0. The maximum Gasteiger partial charge on any atom is 0.0461 e. The Labute approximate surface area is 82.1 Å². The van der Waals surface area contributed by atoms with Crippen molar-refractivity contribution in [3.63, 3.8) is 0 Å². The topological polar surface area (TPSA) is 26.0 Å². The predicted molar refractivity (Wildman–Crippen MR) is 57.2 cm³/mol. The molecule has 0 amide bonds. The highest BCUT2D eigenvalue weighted by Gasteiger charge is 1.96. The van der Waals surface area contributed by atoms with Crippen molar-refractivity contribution in [3.8, 4) is 0 Å². The van der Waals surface area contributed by atoms with Gasteiger partial charge in [-0.2, -0.15) is 0 Å². The number of nitrogens with two attached hydrogens (primary N) is 1. The van der Waals surface area contributed by atoms with Gasteiger partial charge in [0.2, 0.25) is 0 Å². The standard InChI is InChI=1S/C10H14BrN/c1-2-3-4-8-5-6-9(11)10(12)7-8/h5-7H,2-4,12H2,1H3. The molecular weight excluding hydrogens is 214 g/mol. The van der Waals surface area contributed by atoms with Crippen LogP contribution in [0.25, 0.3) is 0 Å². The van der Waals surface area contributed by atoms with Gasteiger partial charge in [0.05, 0.1) is 0 Å². The molecule has 0 heterocycles. The van der Waals surface area contributed by atoms with Crippen LogP contribution in [0.3, 0.4) is 0 Å². The van der Waals surface area contributed by atoms with Crippen LogP contribution in [0.1, 0.15) is 25.3 Å². The normalized spacial score (nSPS) is 10.2. The van der Waals surface area contributed by atoms with E-state index in [1.54, 1.807) is 0 Å². The molecule has 0 spiro atoms. The zero-order valence-corrected chi connectivity index (χ0v) is 8.89. The SMILES string of the molecule is CCCCc1ccc(Br)c(N)c1. The Balaban J connectivity index is 2.69. The van der Waals surface area contributed by atoms with Crippen molar-refractivity contribution in [3.05, 3.63) is 28.2 Å². The van der Waals surface area contributed by atoms with Crippen LogP contribution in [-0.2, 0) is 6.42 Å². The van der Waals surface area contributed by atoms with Crippen LogP contribution in [0.2, 0.25) is 0 Å². The van der Waals surface area contributed by atoms with E-state index in [4.69, 9.17) is 5.73 Å². The summed E-state index contributed by atoms with van der Waals surface area (Å²) in [5.74, 6) is 0. The molecule has 0 bridgehead atoms. The number of hydrogen-bond donors (Lipinski definition) is 1. The lowest BCUT2D eigenvalue weighted by atomic mass is 10.1. The highest BCUT2D eigenvalue weighted by Crippen LogP contribution is 2.20. The molecule has 1 aromatic carbocycles. The highest BCUT2D eigenvalue weighted by molar-refractivity contribution is 9.10. The maximum atomic E-state index is 5.75. The number of aryl methyl sites for hydroxylation is 1. The van der Waals surface area contributed by atoms with Gasteiger partial charge in [-0.3, -0.25) is 0 Å². The second-order valence-electron chi connectivity index (χ2n) is 2.96. The summed E-state index contributed by atoms with van der Waals surface area (Å²) in [4.78, 5) is 0. The summed E-state index contributed by atoms with van der Waals surface area (Å²) in [6.45, 7) is 2.20. The molecule has 0 saturated carbocycles. The van der Waals surface area contributed by atoms with Gasteiger partial charge < -0.3 is 5.73 Å². The predicted octanol–water partition coefficient (Wildman–Crippen LogP) is 3.37. The first-order valence-electron chi connectivity index (χ1n) is 4.28. The monoisotopic (exact) mass is 227 g/mol. The van der Waals surface area contributed by atoms with Crippen LogP contribution in [-0.4, -0.2) is 0 Å². The van der Waals surface area contributed by atoms with Crippen LogP contribution < -0.4 is 5.73 Å². The van der Waals surface area contributed by atoms with E-state index in [2.05, 4.69) is 28.9 Å². The van der Waals surface area contributed by atoms with Crippen LogP contribution in [0, 0.1) is 0 Å². The number of halogens is 1. The fourth-order valence-corrected chi connectivity index (χ4v) is 1.38. The molecule has 0 saturated heterocycles. The molecule has 0 aliphatic carbocycles. The molecule has 0 radical (unpaired) electrons. The molecule has 0 fully saturated rings. The van der Waals surface area contributed by atoms with Gasteiger partial charge in [0.25, 0.3) is 0 Å². The van der Waals surface area contributed by atoms with Gasteiger partial charge in [-0.25, -0.2) is 0 Å². The zero-order valence-electron chi connectivity index (χ0n) is 7.31. The highest BCUT2D eigenvalue weighted by atomic mass is 79.9. The van der Waals surface area contributed by atoms with Gasteiger partial charge in [0.15, 0.2) is 0 Å². The number of rotatable bonds is 3. The fraction of sp³-hybridized carbons (Fsp3) is 0.400. The number of benzene rings is 1. The molecule has 0 unspecified atom stereocenters. The third-order valence-electron chi connectivity index (χ3n) is 1.88. The molecular formula is C10H14BrN. The van der Waals surface area contributed by atoms with E-state index in [0.29, 0.717) is 0 Å². The van der Waals surface area contributed by atoms with E-state index in [1.807, 2.05) is 12.1 Å². The molecule has 2 N–H and O–H groups in total. The van der Waals surface area contributed by atoms with Crippen molar-refractivity contribution in [2.75, 3.05) is 5.73 Å². The first-order valence-corrected chi connectivity index (χ1v) is 5.07. The zero-order chi connectivity index (χ0) is 8.97. The lowest BCUT2D eigenvalue weighted by Crippen LogP contribution is -1.90. The van der Waals surface area contributed by atoms with Crippen molar-refractivity contribution in [1.29, 1.82) is 0 Å². The van der Waals surface area contributed by atoms with Crippen LogP contribution >= 0.6 is 15.9 Å². The molecule has 0 aromatic heterocycles. The van der Waals surface area contributed by atoms with E-state index >= 15 is 0 Å². The molecule has 2 heteroatoms. The van der Waals surface area contributed by atoms with Gasteiger partial charge in [0.1, 0.15) is 0 Å². The number of hydrogen-bond acceptors (Lipinski definition) is 1. The van der Waals surface area contributed by atoms with Crippen LogP contribution in [0.5, 0.6) is 0 Å². The molecule has 12 heavy (non-hydrogen) atoms. The fourth-order valence-electron chi connectivity index (χ4n) is 1.13. The van der Waals surface area contributed by atoms with E-state index < -0.39 is 0 Å². The Bertz CT molecular complexity index is 258. The third-order valence-corrected chi connectivity index (χ3v) is 2.60. The van der Waals surface area contributed by atoms with Crippen LogP contribution in [0.15, 0.2) is 22.7 Å². The summed E-state index contributed by atoms with van der Waals surface area (Å²) < 4.78 is 0.989. The van der Waals surface area contributed by atoms with Gasteiger partial charge in [0, 0.05) is 10.2 Å². The lowest BCUT2D eigenvalue weighted by molar-refractivity contribution is 0.795. The van der Waals surface area contributed by atoms with Crippen molar-refractivity contribution >= 4 is 21.6 Å². The summed E-state index contributed by atoms with van der Waals surface area (Å²) in [5.41, 5.74) is 7.91. The second kappa shape index (κ2) is 4.51. The van der Waals surface area contributed by atoms with Crippen molar-refractivity contribution in [1.82, 2.24) is 0 Å². The van der Waals surface area contributed by atoms with Crippen molar-refractivity contribution in [2.45, 2.75) is 26.2 Å². The minimum Gasteiger partial charge on any atom is -0.398 e. The number of anilines is 1.